The van der Waals surface area contributed by atoms with Gasteiger partial charge in [0.15, 0.2) is 0 Å². The summed E-state index contributed by atoms with van der Waals surface area (Å²) in [7, 11) is 1.59. The number of benzene rings is 1. The van der Waals surface area contributed by atoms with E-state index in [0.717, 1.165) is 24.8 Å². The molecule has 1 aliphatic rings. The number of ether oxygens (including phenoxy) is 3. The highest BCUT2D eigenvalue weighted by Gasteiger charge is 2.45. The van der Waals surface area contributed by atoms with Gasteiger partial charge in [0, 0.05) is 0 Å². The number of methoxy groups -OCH3 is 1. The van der Waals surface area contributed by atoms with Gasteiger partial charge in [-0.1, -0.05) is 38.3 Å². The summed E-state index contributed by atoms with van der Waals surface area (Å²) in [6.07, 6.45) is 4.76. The molecule has 202 valence electrons. The van der Waals surface area contributed by atoms with Gasteiger partial charge in [-0.3, -0.25) is 14.4 Å². The lowest BCUT2D eigenvalue weighted by Crippen LogP contribution is -2.48. The molecule has 0 unspecified atom stereocenters. The Kier molecular flexibility index (Phi) is 11.2. The molecule has 0 spiro atoms. The van der Waals surface area contributed by atoms with Gasteiger partial charge in [0.2, 0.25) is 5.91 Å². The van der Waals surface area contributed by atoms with Gasteiger partial charge in [0.25, 0.3) is 0 Å². The van der Waals surface area contributed by atoms with Crippen molar-refractivity contribution in [3.8, 4) is 5.75 Å². The molecule has 1 aliphatic carbocycles. The molecule has 36 heavy (non-hydrogen) atoms. The van der Waals surface area contributed by atoms with Gasteiger partial charge in [-0.25, -0.2) is 0 Å². The van der Waals surface area contributed by atoms with Crippen LogP contribution in [0.3, 0.4) is 0 Å². The second-order valence-corrected chi connectivity index (χ2v) is 10.8. The lowest BCUT2D eigenvalue weighted by Gasteiger charge is -2.33. The fourth-order valence-electron chi connectivity index (χ4n) is 4.87. The first kappa shape index (κ1) is 29.6. The molecule has 0 aromatic heterocycles. The highest BCUT2D eigenvalue weighted by molar-refractivity contribution is 5.85. The Hall–Kier alpha value is -2.61. The SMILES string of the molecule is CCC[C@H](CC1(C(=O)N[C@@H](COCc2cccc(OC)c2)CC(=O)O)CCCC1)C(=O)OC(C)(C)C. The highest BCUT2D eigenvalue weighted by atomic mass is 16.6. The van der Waals surface area contributed by atoms with Crippen molar-refractivity contribution in [2.24, 2.45) is 11.3 Å². The molecule has 1 aromatic rings. The number of nitrogens with one attached hydrogen (secondary N) is 1. The van der Waals surface area contributed by atoms with E-state index in [0.29, 0.717) is 31.4 Å². The predicted octanol–water partition coefficient (Wildman–Crippen LogP) is 4.88. The third kappa shape index (κ3) is 9.45. The average molecular weight is 506 g/mol. The Morgan fingerprint density at radius 1 is 1.17 bits per heavy atom. The second-order valence-electron chi connectivity index (χ2n) is 10.8. The van der Waals surface area contributed by atoms with E-state index in [-0.39, 0.29) is 37.4 Å². The topological polar surface area (TPSA) is 111 Å². The summed E-state index contributed by atoms with van der Waals surface area (Å²) in [6, 6.07) is 6.76. The zero-order chi connectivity index (χ0) is 26.8. The molecular weight excluding hydrogens is 462 g/mol. The van der Waals surface area contributed by atoms with Crippen molar-refractivity contribution < 1.29 is 33.7 Å². The highest BCUT2D eigenvalue weighted by Crippen LogP contribution is 2.45. The fourth-order valence-corrected chi connectivity index (χ4v) is 4.87. The standard InChI is InChI=1S/C28H43NO7/c1-6-10-21(25(32)36-27(2,3)4)17-28(13-7-8-14-28)26(33)29-22(16-24(30)31)19-35-18-20-11-9-12-23(15-20)34-5/h9,11-12,15,21-22H,6-8,10,13-14,16-19H2,1-5H3,(H,29,33)(H,30,31)/t21-,22-/m1/s1. The zero-order valence-electron chi connectivity index (χ0n) is 22.4. The molecule has 2 atom stereocenters. The van der Waals surface area contributed by atoms with E-state index >= 15 is 0 Å². The molecule has 1 fully saturated rings. The maximum atomic E-state index is 13.6. The molecule has 0 aliphatic heterocycles. The minimum absolute atomic E-state index is 0.0653. The van der Waals surface area contributed by atoms with E-state index in [2.05, 4.69) is 5.32 Å². The maximum Gasteiger partial charge on any atom is 0.309 e. The minimum atomic E-state index is -1.01. The van der Waals surface area contributed by atoms with Crippen molar-refractivity contribution >= 4 is 17.8 Å². The molecule has 8 nitrogen and oxygen atoms in total. The van der Waals surface area contributed by atoms with Crippen molar-refractivity contribution in [3.63, 3.8) is 0 Å². The zero-order valence-corrected chi connectivity index (χ0v) is 22.4. The Labute approximate surface area is 215 Å². The summed E-state index contributed by atoms with van der Waals surface area (Å²) in [5.74, 6) is -1.14. The summed E-state index contributed by atoms with van der Waals surface area (Å²) >= 11 is 0. The smallest absolute Gasteiger partial charge is 0.309 e. The number of carbonyl (C=O) groups excluding carboxylic acids is 2. The quantitative estimate of drug-likeness (QED) is 0.347. The van der Waals surface area contributed by atoms with E-state index in [4.69, 9.17) is 14.2 Å². The number of hydrogen-bond acceptors (Lipinski definition) is 6. The normalized spacial score (nSPS) is 16.7. The van der Waals surface area contributed by atoms with Gasteiger partial charge in [-0.2, -0.15) is 0 Å². The molecule has 0 heterocycles. The van der Waals surface area contributed by atoms with Gasteiger partial charge in [0.05, 0.1) is 44.1 Å². The van der Waals surface area contributed by atoms with Crippen LogP contribution in [0.25, 0.3) is 0 Å². The number of amides is 1. The summed E-state index contributed by atoms with van der Waals surface area (Å²) in [5.41, 5.74) is -0.414. The molecular formula is C28H43NO7. The summed E-state index contributed by atoms with van der Waals surface area (Å²) in [4.78, 5) is 38.0. The first-order valence-electron chi connectivity index (χ1n) is 12.9. The molecule has 1 aromatic carbocycles. The molecule has 8 heteroatoms. The summed E-state index contributed by atoms with van der Waals surface area (Å²) in [5, 5.41) is 12.4. The van der Waals surface area contributed by atoms with Crippen LogP contribution in [0.1, 0.15) is 84.6 Å². The third-order valence-electron chi connectivity index (χ3n) is 6.53. The molecule has 0 bridgehead atoms. The summed E-state index contributed by atoms with van der Waals surface area (Å²) < 4.78 is 16.7. The lowest BCUT2D eigenvalue weighted by molar-refractivity contribution is -0.162. The summed E-state index contributed by atoms with van der Waals surface area (Å²) in [6.45, 7) is 7.87. The number of carboxylic acids is 1. The van der Waals surface area contributed by atoms with Crippen molar-refractivity contribution in [1.29, 1.82) is 0 Å². The molecule has 2 rings (SSSR count). The van der Waals surface area contributed by atoms with E-state index in [1.165, 1.54) is 0 Å². The largest absolute Gasteiger partial charge is 0.497 e. The van der Waals surface area contributed by atoms with Crippen LogP contribution in [-0.4, -0.2) is 48.3 Å². The number of rotatable bonds is 14. The predicted molar refractivity (Wildman–Crippen MR) is 137 cm³/mol. The Bertz CT molecular complexity index is 871. The van der Waals surface area contributed by atoms with E-state index < -0.39 is 23.0 Å². The Morgan fingerprint density at radius 2 is 1.86 bits per heavy atom. The van der Waals surface area contributed by atoms with E-state index in [1.807, 2.05) is 52.0 Å². The van der Waals surface area contributed by atoms with Gasteiger partial charge in [0.1, 0.15) is 11.4 Å². The van der Waals surface area contributed by atoms with Crippen molar-refractivity contribution in [2.45, 2.75) is 97.3 Å². The van der Waals surface area contributed by atoms with Crippen LogP contribution in [0.15, 0.2) is 24.3 Å². The second kappa shape index (κ2) is 13.6. The minimum Gasteiger partial charge on any atom is -0.497 e. The number of aliphatic carboxylic acids is 1. The number of hydrogen-bond donors (Lipinski definition) is 2. The number of esters is 1. The molecule has 1 amide bonds. The first-order valence-corrected chi connectivity index (χ1v) is 12.9. The monoisotopic (exact) mass is 505 g/mol. The van der Waals surface area contributed by atoms with Crippen LogP contribution in [0, 0.1) is 11.3 Å². The van der Waals surface area contributed by atoms with Gasteiger partial charge in [-0.05, 0) is 64.2 Å². The first-order chi connectivity index (χ1) is 17.0. The molecule has 2 N–H and O–H groups in total. The van der Waals surface area contributed by atoms with Crippen LogP contribution in [0.5, 0.6) is 5.75 Å². The van der Waals surface area contributed by atoms with E-state index in [9.17, 15) is 19.5 Å². The third-order valence-corrected chi connectivity index (χ3v) is 6.53. The van der Waals surface area contributed by atoms with Crippen molar-refractivity contribution in [1.82, 2.24) is 5.32 Å². The molecule has 0 saturated heterocycles. The van der Waals surface area contributed by atoms with Crippen LogP contribution >= 0.6 is 0 Å². The van der Waals surface area contributed by atoms with Crippen LogP contribution in [0.4, 0.5) is 0 Å². The Balaban J connectivity index is 2.09. The van der Waals surface area contributed by atoms with Gasteiger partial charge in [-0.15, -0.1) is 0 Å². The molecule has 1 saturated carbocycles. The maximum absolute atomic E-state index is 13.6. The van der Waals surface area contributed by atoms with Crippen molar-refractivity contribution in [2.75, 3.05) is 13.7 Å². The number of carbonyl (C=O) groups is 3. The van der Waals surface area contributed by atoms with E-state index in [1.54, 1.807) is 7.11 Å². The average Bonchev–Trinajstić information content (AvgIpc) is 3.27. The lowest BCUT2D eigenvalue weighted by atomic mass is 9.75. The molecule has 0 radical (unpaired) electrons. The Morgan fingerprint density at radius 3 is 2.44 bits per heavy atom. The number of carboxylic acid groups (broad SMARTS) is 1. The van der Waals surface area contributed by atoms with Crippen LogP contribution in [-0.2, 0) is 30.5 Å². The van der Waals surface area contributed by atoms with Gasteiger partial charge < -0.3 is 24.6 Å². The fraction of sp³-hybridized carbons (Fsp3) is 0.679. The van der Waals surface area contributed by atoms with Crippen LogP contribution in [0.2, 0.25) is 0 Å². The van der Waals surface area contributed by atoms with Crippen molar-refractivity contribution in [3.05, 3.63) is 29.8 Å². The van der Waals surface area contributed by atoms with Gasteiger partial charge >= 0.3 is 11.9 Å². The van der Waals surface area contributed by atoms with Crippen LogP contribution < -0.4 is 10.1 Å².